The summed E-state index contributed by atoms with van der Waals surface area (Å²) >= 11 is 1.85. The van der Waals surface area contributed by atoms with Gasteiger partial charge in [-0.15, -0.1) is 5.56 Å². The van der Waals surface area contributed by atoms with Gasteiger partial charge in [0.05, 0.1) is 0 Å². The van der Waals surface area contributed by atoms with Crippen molar-refractivity contribution >= 4 is 23.1 Å². The molecular weight excluding hydrogens is 306 g/mol. The maximum atomic E-state index is 5.88. The SMILES string of the molecule is CSC1c2ccc[c-]c2NCc2cc(N)ccc21.[Zn]. The van der Waals surface area contributed by atoms with E-state index in [4.69, 9.17) is 5.73 Å². The quantitative estimate of drug-likeness (QED) is 0.480. The van der Waals surface area contributed by atoms with Gasteiger partial charge >= 0.3 is 0 Å². The fourth-order valence-corrected chi connectivity index (χ4v) is 3.40. The maximum absolute atomic E-state index is 5.88. The van der Waals surface area contributed by atoms with Gasteiger partial charge in [0, 0.05) is 37.0 Å². The average molecular weight is 321 g/mol. The van der Waals surface area contributed by atoms with Crippen LogP contribution in [0.5, 0.6) is 0 Å². The Morgan fingerprint density at radius 3 is 2.95 bits per heavy atom. The predicted molar refractivity (Wildman–Crippen MR) is 78.8 cm³/mol. The van der Waals surface area contributed by atoms with Gasteiger partial charge in [-0.05, 0) is 29.5 Å². The fourth-order valence-electron chi connectivity index (χ4n) is 2.46. The van der Waals surface area contributed by atoms with E-state index in [2.05, 4.69) is 35.8 Å². The second-order valence-electron chi connectivity index (χ2n) is 4.43. The van der Waals surface area contributed by atoms with Gasteiger partial charge in [0.1, 0.15) is 0 Å². The van der Waals surface area contributed by atoms with Crippen molar-refractivity contribution in [2.24, 2.45) is 0 Å². The minimum Gasteiger partial charge on any atom is -0.402 e. The zero-order valence-electron chi connectivity index (χ0n) is 10.9. The fraction of sp³-hybridized carbons (Fsp3) is 0.200. The monoisotopic (exact) mass is 319 g/mol. The molecule has 2 nitrogen and oxygen atoms in total. The zero-order valence-corrected chi connectivity index (χ0v) is 14.7. The van der Waals surface area contributed by atoms with Crippen molar-refractivity contribution in [1.82, 2.24) is 0 Å². The van der Waals surface area contributed by atoms with Gasteiger partial charge in [0.2, 0.25) is 0 Å². The third-order valence-electron chi connectivity index (χ3n) is 3.31. The molecule has 1 aliphatic heterocycles. The van der Waals surface area contributed by atoms with Gasteiger partial charge in [-0.1, -0.05) is 11.8 Å². The van der Waals surface area contributed by atoms with Crippen LogP contribution in [0, 0.1) is 6.07 Å². The first-order valence-electron chi connectivity index (χ1n) is 5.95. The van der Waals surface area contributed by atoms with Crippen LogP contribution in [0.25, 0.3) is 0 Å². The second-order valence-corrected chi connectivity index (χ2v) is 5.37. The number of thioether (sulfide) groups is 1. The van der Waals surface area contributed by atoms with E-state index in [1.165, 1.54) is 16.7 Å². The molecule has 19 heavy (non-hydrogen) atoms. The number of benzene rings is 2. The molecule has 3 rings (SSSR count). The summed E-state index contributed by atoms with van der Waals surface area (Å²) < 4.78 is 0. The number of fused-ring (bicyclic) bond motifs is 2. The average Bonchev–Trinajstić information content (AvgIpc) is 2.55. The van der Waals surface area contributed by atoms with Crippen LogP contribution in [0.1, 0.15) is 21.9 Å². The molecule has 1 aliphatic rings. The van der Waals surface area contributed by atoms with Crippen molar-refractivity contribution in [3.05, 3.63) is 59.2 Å². The summed E-state index contributed by atoms with van der Waals surface area (Å²) in [4.78, 5) is 0. The summed E-state index contributed by atoms with van der Waals surface area (Å²) in [5.41, 5.74) is 11.7. The van der Waals surface area contributed by atoms with E-state index in [0.29, 0.717) is 5.25 Å². The Morgan fingerprint density at radius 2 is 2.16 bits per heavy atom. The van der Waals surface area contributed by atoms with Gasteiger partial charge < -0.3 is 11.1 Å². The van der Waals surface area contributed by atoms with Gasteiger partial charge in [-0.2, -0.15) is 36.0 Å². The molecule has 0 aromatic heterocycles. The van der Waals surface area contributed by atoms with Crippen LogP contribution in [0.15, 0.2) is 36.4 Å². The van der Waals surface area contributed by atoms with Crippen molar-refractivity contribution in [2.75, 3.05) is 17.3 Å². The molecule has 0 bridgehead atoms. The summed E-state index contributed by atoms with van der Waals surface area (Å²) in [5.74, 6) is 0. The number of nitrogens with two attached hydrogens (primary N) is 1. The summed E-state index contributed by atoms with van der Waals surface area (Å²) in [6, 6.07) is 15.7. The molecule has 4 heteroatoms. The molecule has 3 N–H and O–H groups in total. The topological polar surface area (TPSA) is 38.0 Å². The van der Waals surface area contributed by atoms with Crippen molar-refractivity contribution < 1.29 is 19.5 Å². The summed E-state index contributed by atoms with van der Waals surface area (Å²) in [6.07, 6.45) is 2.15. The van der Waals surface area contributed by atoms with Gasteiger partial charge in [-0.25, -0.2) is 0 Å². The van der Waals surface area contributed by atoms with Crippen LogP contribution in [-0.4, -0.2) is 6.26 Å². The van der Waals surface area contributed by atoms with Crippen LogP contribution in [-0.2, 0) is 26.0 Å². The van der Waals surface area contributed by atoms with E-state index in [0.717, 1.165) is 17.9 Å². The summed E-state index contributed by atoms with van der Waals surface area (Å²) in [7, 11) is 0. The number of rotatable bonds is 1. The number of nitrogen functional groups attached to an aromatic ring is 1. The minimum absolute atomic E-state index is 0. The Morgan fingerprint density at radius 1 is 1.32 bits per heavy atom. The van der Waals surface area contributed by atoms with Crippen LogP contribution < -0.4 is 11.1 Å². The Bertz CT molecular complexity index is 586. The first-order valence-corrected chi connectivity index (χ1v) is 7.24. The van der Waals surface area contributed by atoms with Crippen molar-refractivity contribution in [3.8, 4) is 0 Å². The first kappa shape index (κ1) is 14.4. The number of hydrogen-bond donors (Lipinski definition) is 2. The Kier molecular flexibility index (Phi) is 4.54. The molecule has 94 valence electrons. The number of para-hydroxylation sites is 1. The van der Waals surface area contributed by atoms with Crippen LogP contribution in [0.4, 0.5) is 11.4 Å². The molecule has 1 heterocycles. The molecule has 0 fully saturated rings. The number of nitrogens with one attached hydrogen (secondary N) is 1. The largest absolute Gasteiger partial charge is 0.402 e. The molecule has 0 spiro atoms. The molecular formula is C15H15N2SZn-. The molecule has 0 radical (unpaired) electrons. The molecule has 0 saturated heterocycles. The van der Waals surface area contributed by atoms with E-state index in [1.54, 1.807) is 0 Å². The van der Waals surface area contributed by atoms with E-state index in [-0.39, 0.29) is 19.5 Å². The Labute approximate surface area is 130 Å². The molecule has 0 aliphatic carbocycles. The summed E-state index contributed by atoms with van der Waals surface area (Å²) in [5, 5.41) is 3.80. The molecule has 1 atom stereocenters. The number of anilines is 2. The summed E-state index contributed by atoms with van der Waals surface area (Å²) in [6.45, 7) is 0.810. The van der Waals surface area contributed by atoms with Gasteiger partial charge in [-0.3, -0.25) is 0 Å². The maximum Gasteiger partial charge on any atom is 0.0383 e. The van der Waals surface area contributed by atoms with Crippen LogP contribution >= 0.6 is 11.8 Å². The third-order valence-corrected chi connectivity index (χ3v) is 4.29. The Hall–Kier alpha value is -0.987. The Balaban J connectivity index is 0.00000133. The molecule has 0 amide bonds. The third kappa shape index (κ3) is 2.65. The normalized spacial score (nSPS) is 16.4. The van der Waals surface area contributed by atoms with E-state index >= 15 is 0 Å². The standard InChI is InChI=1S/C15H15N2S.Zn/c1-18-15-12-7-6-11(16)8-10(12)9-17-14-5-3-2-4-13(14)15;/h2-4,6-8,15,17H,9,16H2,1H3;/q-1;. The van der Waals surface area contributed by atoms with Crippen molar-refractivity contribution in [2.45, 2.75) is 11.8 Å². The van der Waals surface area contributed by atoms with E-state index < -0.39 is 0 Å². The molecule has 2 aromatic carbocycles. The molecule has 2 aromatic rings. The minimum atomic E-state index is 0. The predicted octanol–water partition coefficient (Wildman–Crippen LogP) is 3.44. The van der Waals surface area contributed by atoms with Crippen LogP contribution in [0.3, 0.4) is 0 Å². The van der Waals surface area contributed by atoms with Gasteiger partial charge in [0.25, 0.3) is 0 Å². The smallest absolute Gasteiger partial charge is 0.0383 e. The molecule has 0 saturated carbocycles. The van der Waals surface area contributed by atoms with Crippen molar-refractivity contribution in [1.29, 1.82) is 0 Å². The van der Waals surface area contributed by atoms with E-state index in [1.807, 2.05) is 30.0 Å². The first-order chi connectivity index (χ1) is 8.79. The second kappa shape index (κ2) is 5.98. The van der Waals surface area contributed by atoms with Gasteiger partial charge in [0.15, 0.2) is 0 Å². The molecule has 1 unspecified atom stereocenters. The van der Waals surface area contributed by atoms with Crippen LogP contribution in [0.2, 0.25) is 0 Å². The van der Waals surface area contributed by atoms with E-state index in [9.17, 15) is 0 Å². The van der Waals surface area contributed by atoms with Crippen molar-refractivity contribution in [3.63, 3.8) is 0 Å². The zero-order chi connectivity index (χ0) is 12.5. The number of hydrogen-bond acceptors (Lipinski definition) is 3.